The van der Waals surface area contributed by atoms with Gasteiger partial charge in [-0.2, -0.15) is 0 Å². The first-order chi connectivity index (χ1) is 5.87. The van der Waals surface area contributed by atoms with E-state index in [1.54, 1.807) is 0 Å². The van der Waals surface area contributed by atoms with Crippen LogP contribution >= 0.6 is 7.92 Å². The zero-order valence-electron chi connectivity index (χ0n) is 8.03. The topological polar surface area (TPSA) is 69.4 Å². The second-order valence-corrected chi connectivity index (χ2v) is 4.31. The molecule has 0 unspecified atom stereocenters. The summed E-state index contributed by atoms with van der Waals surface area (Å²) in [5.74, 6) is -0.599. The van der Waals surface area contributed by atoms with Gasteiger partial charge in [-0.05, 0) is 0 Å². The second kappa shape index (κ2) is 5.23. The van der Waals surface area contributed by atoms with E-state index < -0.39 is 12.0 Å². The molecule has 0 amide bonds. The van der Waals surface area contributed by atoms with Crippen LogP contribution in [0.3, 0.4) is 0 Å². The van der Waals surface area contributed by atoms with Crippen LogP contribution in [-0.4, -0.2) is 18.6 Å². The van der Waals surface area contributed by atoms with E-state index in [1.165, 1.54) is 0 Å². The van der Waals surface area contributed by atoms with Gasteiger partial charge in [-0.1, -0.05) is 0 Å². The average molecular weight is 203 g/mol. The molecular weight excluding hydrogens is 189 g/mol. The third-order valence-electron chi connectivity index (χ3n) is 1.09. The van der Waals surface area contributed by atoms with Gasteiger partial charge in [-0.15, -0.1) is 0 Å². The van der Waals surface area contributed by atoms with Crippen LogP contribution in [0.2, 0.25) is 0 Å². The standard InChI is InChI=1S/C8H14NO3P/c1-8(2,3)5-12-7(10)6(9)4-13-11/h6H,5,9H2,1-3H3/t6-/m0/s1. The number of carbonyl (C=O) groups excluding carboxylic acids is 1. The van der Waals surface area contributed by atoms with Gasteiger partial charge in [-0.3, -0.25) is 0 Å². The van der Waals surface area contributed by atoms with Crippen molar-refractivity contribution in [1.82, 2.24) is 0 Å². The van der Waals surface area contributed by atoms with Gasteiger partial charge >= 0.3 is 78.2 Å². The Hall–Kier alpha value is -0.560. The van der Waals surface area contributed by atoms with Crippen molar-refractivity contribution in [2.75, 3.05) is 6.61 Å². The number of ether oxygens (including phenoxy) is 1. The van der Waals surface area contributed by atoms with Crippen LogP contribution in [0.25, 0.3) is 0 Å². The Bertz CT molecular complexity index is 275. The molecule has 0 aliphatic carbocycles. The molecule has 0 radical (unpaired) electrons. The molecule has 5 heteroatoms. The van der Waals surface area contributed by atoms with Crippen molar-refractivity contribution in [2.45, 2.75) is 26.8 Å². The minimum absolute atomic E-state index is 0.0927. The van der Waals surface area contributed by atoms with Crippen molar-refractivity contribution < 1.29 is 14.1 Å². The van der Waals surface area contributed by atoms with E-state index in [2.05, 4.69) is 5.63 Å². The van der Waals surface area contributed by atoms with Crippen LogP contribution in [0.1, 0.15) is 20.8 Å². The van der Waals surface area contributed by atoms with Crippen LogP contribution in [0.4, 0.5) is 0 Å². The first-order valence-electron chi connectivity index (χ1n) is 3.87. The predicted octanol–water partition coefficient (Wildman–Crippen LogP) is 1.15. The quantitative estimate of drug-likeness (QED) is 0.540. The molecule has 0 bridgehead atoms. The molecular formula is C8H14NO3P. The van der Waals surface area contributed by atoms with Gasteiger partial charge in [-0.25, -0.2) is 0 Å². The molecule has 0 aliphatic heterocycles. The summed E-state index contributed by atoms with van der Waals surface area (Å²) >= 11 is 0. The Morgan fingerprint density at radius 2 is 2.15 bits per heavy atom. The molecule has 0 aliphatic rings. The molecule has 13 heavy (non-hydrogen) atoms. The summed E-state index contributed by atoms with van der Waals surface area (Å²) in [7, 11) is -0.379. The summed E-state index contributed by atoms with van der Waals surface area (Å²) in [5, 5.41) is 0. The molecule has 0 aromatic carbocycles. The Morgan fingerprint density at radius 1 is 1.62 bits per heavy atom. The SMILES string of the molecule is CC(C)(C)COC(=O)[C@@H](N)C#P=O. The summed E-state index contributed by atoms with van der Waals surface area (Å²) in [6.07, 6.45) is 0. The Kier molecular flexibility index (Phi) is 5.01. The molecule has 0 rings (SSSR count). The van der Waals surface area contributed by atoms with Gasteiger partial charge in [0.05, 0.1) is 0 Å². The van der Waals surface area contributed by atoms with Crippen molar-refractivity contribution in [3.63, 3.8) is 0 Å². The van der Waals surface area contributed by atoms with Crippen LogP contribution < -0.4 is 5.73 Å². The van der Waals surface area contributed by atoms with E-state index in [-0.39, 0.29) is 19.9 Å². The molecule has 0 heterocycles. The summed E-state index contributed by atoms with van der Waals surface area (Å²) in [6, 6.07) is -1.03. The van der Waals surface area contributed by atoms with Gasteiger partial charge < -0.3 is 0 Å². The Balaban J connectivity index is 4.00. The van der Waals surface area contributed by atoms with Crippen molar-refractivity contribution in [3.8, 4) is 5.63 Å². The van der Waals surface area contributed by atoms with Gasteiger partial charge in [0.15, 0.2) is 0 Å². The third kappa shape index (κ3) is 6.59. The van der Waals surface area contributed by atoms with Crippen molar-refractivity contribution >= 4 is 13.9 Å². The van der Waals surface area contributed by atoms with E-state index in [1.807, 2.05) is 20.8 Å². The molecule has 0 spiro atoms. The predicted molar refractivity (Wildman–Crippen MR) is 49.9 cm³/mol. The average Bonchev–Trinajstić information content (AvgIpc) is 1.99. The maximum absolute atomic E-state index is 11.0. The number of carbonyl (C=O) groups is 1. The number of hydrogen-bond acceptors (Lipinski definition) is 4. The maximum atomic E-state index is 11.0. The third-order valence-corrected chi connectivity index (χ3v) is 1.48. The van der Waals surface area contributed by atoms with E-state index in [9.17, 15) is 9.36 Å². The number of esters is 1. The van der Waals surface area contributed by atoms with Crippen LogP contribution in [-0.2, 0) is 14.1 Å². The Labute approximate surface area is 78.9 Å². The molecule has 0 fully saturated rings. The minimum atomic E-state index is -1.03. The molecule has 0 aromatic heterocycles. The number of nitrogens with two attached hydrogens (primary N) is 1. The fraction of sp³-hybridized carbons (Fsp3) is 0.750. The molecule has 1 atom stereocenters. The van der Waals surface area contributed by atoms with Crippen molar-refractivity contribution in [1.29, 1.82) is 0 Å². The summed E-state index contributed by atoms with van der Waals surface area (Å²) in [5.41, 5.74) is 7.37. The van der Waals surface area contributed by atoms with Crippen LogP contribution in [0, 0.1) is 11.0 Å². The normalized spacial score (nSPS) is 12.9. The number of hydrogen-bond donors (Lipinski definition) is 1. The fourth-order valence-electron chi connectivity index (χ4n) is 0.487. The summed E-state index contributed by atoms with van der Waals surface area (Å²) < 4.78 is 14.9. The second-order valence-electron chi connectivity index (χ2n) is 3.87. The molecule has 2 N–H and O–H groups in total. The summed E-state index contributed by atoms with van der Waals surface area (Å²) in [4.78, 5) is 11.0. The first kappa shape index (κ1) is 12.4. The van der Waals surface area contributed by atoms with Gasteiger partial charge in [0, 0.05) is 0 Å². The Morgan fingerprint density at radius 3 is 2.54 bits per heavy atom. The van der Waals surface area contributed by atoms with E-state index in [0.717, 1.165) is 0 Å². The molecule has 74 valence electrons. The van der Waals surface area contributed by atoms with E-state index in [4.69, 9.17) is 10.5 Å². The molecule has 0 saturated heterocycles. The molecule has 0 aromatic rings. The van der Waals surface area contributed by atoms with Crippen LogP contribution in [0.5, 0.6) is 0 Å². The van der Waals surface area contributed by atoms with Crippen molar-refractivity contribution in [2.24, 2.45) is 11.1 Å². The molecule has 0 saturated carbocycles. The van der Waals surface area contributed by atoms with Gasteiger partial charge in [0.25, 0.3) is 0 Å². The van der Waals surface area contributed by atoms with Crippen molar-refractivity contribution in [3.05, 3.63) is 0 Å². The van der Waals surface area contributed by atoms with Gasteiger partial charge in [0.1, 0.15) is 0 Å². The first-order valence-corrected chi connectivity index (χ1v) is 4.68. The zero-order chi connectivity index (χ0) is 10.5. The summed E-state index contributed by atoms with van der Waals surface area (Å²) in [6.45, 7) is 6.10. The molecule has 4 nitrogen and oxygen atoms in total. The monoisotopic (exact) mass is 203 g/mol. The fourth-order valence-corrected chi connectivity index (χ4v) is 0.706. The van der Waals surface area contributed by atoms with Gasteiger partial charge in [0.2, 0.25) is 0 Å². The van der Waals surface area contributed by atoms with Crippen LogP contribution in [0.15, 0.2) is 0 Å². The van der Waals surface area contributed by atoms with E-state index in [0.29, 0.717) is 0 Å². The zero-order valence-corrected chi connectivity index (χ0v) is 8.93. The van der Waals surface area contributed by atoms with E-state index >= 15 is 0 Å². The number of rotatable bonds is 2.